The molecule has 0 fully saturated rings. The standard InChI is InChI=1S/C9H19N/c1-4-5-6-7-9(2)8-10-3/h8-9H,4-7H2,1-3H3. The molecule has 0 aliphatic carbocycles. The van der Waals surface area contributed by atoms with E-state index in [2.05, 4.69) is 18.8 Å². The van der Waals surface area contributed by atoms with E-state index in [1.54, 1.807) is 0 Å². The van der Waals surface area contributed by atoms with Crippen LogP contribution in [0.3, 0.4) is 0 Å². The Morgan fingerprint density at radius 2 is 2.10 bits per heavy atom. The number of unbranched alkanes of at least 4 members (excludes halogenated alkanes) is 2. The number of aliphatic imine (C=N–C) groups is 1. The van der Waals surface area contributed by atoms with Crippen LogP contribution >= 0.6 is 0 Å². The largest absolute Gasteiger partial charge is 0.301 e. The molecule has 0 rings (SSSR count). The Morgan fingerprint density at radius 3 is 2.60 bits per heavy atom. The molecule has 0 bridgehead atoms. The minimum absolute atomic E-state index is 0.677. The van der Waals surface area contributed by atoms with Crippen molar-refractivity contribution < 1.29 is 0 Å². The van der Waals surface area contributed by atoms with E-state index in [9.17, 15) is 0 Å². The van der Waals surface area contributed by atoms with Gasteiger partial charge >= 0.3 is 0 Å². The first kappa shape index (κ1) is 9.67. The van der Waals surface area contributed by atoms with E-state index >= 15 is 0 Å². The quantitative estimate of drug-likeness (QED) is 0.412. The maximum atomic E-state index is 3.99. The zero-order valence-corrected chi connectivity index (χ0v) is 7.43. The molecule has 0 radical (unpaired) electrons. The maximum Gasteiger partial charge on any atom is 0.0273 e. The Balaban J connectivity index is 3.13. The van der Waals surface area contributed by atoms with Crippen LogP contribution in [0.2, 0.25) is 0 Å². The summed E-state index contributed by atoms with van der Waals surface area (Å²) in [5.41, 5.74) is 0. The van der Waals surface area contributed by atoms with Gasteiger partial charge in [-0.15, -0.1) is 0 Å². The lowest BCUT2D eigenvalue weighted by molar-refractivity contribution is 0.603. The van der Waals surface area contributed by atoms with Crippen molar-refractivity contribution in [1.29, 1.82) is 0 Å². The molecule has 0 aromatic rings. The first-order chi connectivity index (χ1) is 4.81. The van der Waals surface area contributed by atoms with E-state index in [0.29, 0.717) is 5.92 Å². The Kier molecular flexibility index (Phi) is 6.56. The van der Waals surface area contributed by atoms with Crippen molar-refractivity contribution in [2.75, 3.05) is 7.05 Å². The Bertz CT molecular complexity index is 86.7. The summed E-state index contributed by atoms with van der Waals surface area (Å²) >= 11 is 0. The van der Waals surface area contributed by atoms with E-state index < -0.39 is 0 Å². The molecule has 0 saturated carbocycles. The van der Waals surface area contributed by atoms with E-state index in [1.165, 1.54) is 25.7 Å². The normalized spacial score (nSPS) is 14.3. The zero-order chi connectivity index (χ0) is 7.82. The number of rotatable bonds is 5. The molecular formula is C9H19N. The van der Waals surface area contributed by atoms with E-state index in [-0.39, 0.29) is 0 Å². The summed E-state index contributed by atoms with van der Waals surface area (Å²) in [4.78, 5) is 3.99. The van der Waals surface area contributed by atoms with Crippen molar-refractivity contribution in [3.8, 4) is 0 Å². The third-order valence-corrected chi connectivity index (χ3v) is 1.67. The molecule has 0 aromatic heterocycles. The van der Waals surface area contributed by atoms with Gasteiger partial charge in [0, 0.05) is 13.3 Å². The molecule has 0 spiro atoms. The van der Waals surface area contributed by atoms with E-state index in [0.717, 1.165) is 0 Å². The summed E-state index contributed by atoms with van der Waals surface area (Å²) in [6, 6.07) is 0. The fraction of sp³-hybridized carbons (Fsp3) is 0.889. The van der Waals surface area contributed by atoms with E-state index in [1.807, 2.05) is 13.3 Å². The van der Waals surface area contributed by atoms with Gasteiger partial charge in [0.1, 0.15) is 0 Å². The predicted octanol–water partition coefficient (Wildman–Crippen LogP) is 2.90. The van der Waals surface area contributed by atoms with Crippen LogP contribution in [0.25, 0.3) is 0 Å². The summed E-state index contributed by atoms with van der Waals surface area (Å²) in [5, 5.41) is 0. The van der Waals surface area contributed by atoms with Gasteiger partial charge in [-0.1, -0.05) is 33.1 Å². The Labute approximate surface area is 64.6 Å². The van der Waals surface area contributed by atoms with Crippen molar-refractivity contribution in [3.05, 3.63) is 0 Å². The number of hydrogen-bond acceptors (Lipinski definition) is 1. The zero-order valence-electron chi connectivity index (χ0n) is 7.43. The van der Waals surface area contributed by atoms with Crippen molar-refractivity contribution in [3.63, 3.8) is 0 Å². The van der Waals surface area contributed by atoms with Gasteiger partial charge in [0.05, 0.1) is 0 Å². The smallest absolute Gasteiger partial charge is 0.0273 e. The fourth-order valence-corrected chi connectivity index (χ4v) is 1.05. The summed E-state index contributed by atoms with van der Waals surface area (Å²) < 4.78 is 0. The molecule has 60 valence electrons. The molecule has 1 atom stereocenters. The second-order valence-corrected chi connectivity index (χ2v) is 2.88. The van der Waals surface area contributed by atoms with Crippen LogP contribution in [0.5, 0.6) is 0 Å². The molecule has 0 N–H and O–H groups in total. The second kappa shape index (κ2) is 6.79. The highest BCUT2D eigenvalue weighted by atomic mass is 14.6. The predicted molar refractivity (Wildman–Crippen MR) is 47.7 cm³/mol. The SMILES string of the molecule is CCCCCC(C)C=NC. The van der Waals surface area contributed by atoms with Gasteiger partial charge in [0.15, 0.2) is 0 Å². The highest BCUT2D eigenvalue weighted by Gasteiger charge is 1.95. The van der Waals surface area contributed by atoms with Crippen LogP contribution in [0, 0.1) is 5.92 Å². The molecule has 0 saturated heterocycles. The molecule has 0 heterocycles. The van der Waals surface area contributed by atoms with Crippen molar-refractivity contribution in [1.82, 2.24) is 0 Å². The first-order valence-corrected chi connectivity index (χ1v) is 4.23. The number of hydrogen-bond donors (Lipinski definition) is 0. The Morgan fingerprint density at radius 1 is 1.40 bits per heavy atom. The number of nitrogens with zero attached hydrogens (tertiary/aromatic N) is 1. The van der Waals surface area contributed by atoms with Crippen LogP contribution in [0.4, 0.5) is 0 Å². The van der Waals surface area contributed by atoms with Gasteiger partial charge in [-0.3, -0.25) is 0 Å². The molecule has 0 aliphatic rings. The van der Waals surface area contributed by atoms with Crippen LogP contribution < -0.4 is 0 Å². The monoisotopic (exact) mass is 141 g/mol. The lowest BCUT2D eigenvalue weighted by Gasteiger charge is -2.02. The minimum atomic E-state index is 0.677. The molecule has 0 aromatic carbocycles. The van der Waals surface area contributed by atoms with Crippen LogP contribution in [0.1, 0.15) is 39.5 Å². The summed E-state index contributed by atoms with van der Waals surface area (Å²) in [6.45, 7) is 4.46. The molecule has 10 heavy (non-hydrogen) atoms. The molecule has 0 amide bonds. The van der Waals surface area contributed by atoms with Gasteiger partial charge in [-0.25, -0.2) is 0 Å². The first-order valence-electron chi connectivity index (χ1n) is 4.23. The topological polar surface area (TPSA) is 12.4 Å². The second-order valence-electron chi connectivity index (χ2n) is 2.88. The van der Waals surface area contributed by atoms with Crippen molar-refractivity contribution in [2.24, 2.45) is 10.9 Å². The molecule has 1 unspecified atom stereocenters. The fourth-order valence-electron chi connectivity index (χ4n) is 1.05. The van der Waals surface area contributed by atoms with Gasteiger partial charge in [0.2, 0.25) is 0 Å². The van der Waals surface area contributed by atoms with Gasteiger partial charge in [0.25, 0.3) is 0 Å². The highest BCUT2D eigenvalue weighted by Crippen LogP contribution is 2.06. The Hall–Kier alpha value is -0.330. The van der Waals surface area contributed by atoms with Crippen LogP contribution in [-0.4, -0.2) is 13.3 Å². The highest BCUT2D eigenvalue weighted by molar-refractivity contribution is 5.59. The van der Waals surface area contributed by atoms with Crippen molar-refractivity contribution in [2.45, 2.75) is 39.5 Å². The molecule has 1 nitrogen and oxygen atoms in total. The minimum Gasteiger partial charge on any atom is -0.301 e. The lowest BCUT2D eigenvalue weighted by Crippen LogP contribution is -1.94. The summed E-state index contributed by atoms with van der Waals surface area (Å²) in [6.07, 6.45) is 7.36. The lowest BCUT2D eigenvalue weighted by atomic mass is 10.1. The van der Waals surface area contributed by atoms with Crippen molar-refractivity contribution >= 4 is 6.21 Å². The van der Waals surface area contributed by atoms with Crippen LogP contribution in [0.15, 0.2) is 4.99 Å². The van der Waals surface area contributed by atoms with Gasteiger partial charge in [-0.2, -0.15) is 0 Å². The summed E-state index contributed by atoms with van der Waals surface area (Å²) in [7, 11) is 1.84. The van der Waals surface area contributed by atoms with Gasteiger partial charge < -0.3 is 4.99 Å². The average molecular weight is 141 g/mol. The molecule has 0 aliphatic heterocycles. The van der Waals surface area contributed by atoms with Crippen LogP contribution in [-0.2, 0) is 0 Å². The molecule has 1 heteroatoms. The summed E-state index contributed by atoms with van der Waals surface area (Å²) in [5.74, 6) is 0.677. The van der Waals surface area contributed by atoms with E-state index in [4.69, 9.17) is 0 Å². The molecular weight excluding hydrogens is 122 g/mol. The third-order valence-electron chi connectivity index (χ3n) is 1.67. The maximum absolute atomic E-state index is 3.99. The average Bonchev–Trinajstić information content (AvgIpc) is 1.89. The third kappa shape index (κ3) is 5.80. The van der Waals surface area contributed by atoms with Gasteiger partial charge in [-0.05, 0) is 12.3 Å².